The van der Waals surface area contributed by atoms with Gasteiger partial charge in [-0.2, -0.15) is 0 Å². The molecule has 0 aromatic rings. The van der Waals surface area contributed by atoms with Gasteiger partial charge in [0.1, 0.15) is 11.9 Å². The predicted molar refractivity (Wildman–Crippen MR) is 79.6 cm³/mol. The Bertz CT molecular complexity index is 346. The van der Waals surface area contributed by atoms with Crippen molar-refractivity contribution in [3.05, 3.63) is 0 Å². The van der Waals surface area contributed by atoms with E-state index in [1.54, 1.807) is 4.90 Å². The van der Waals surface area contributed by atoms with E-state index in [4.69, 9.17) is 4.74 Å². The molecule has 0 heterocycles. The molecule has 1 atom stereocenters. The third kappa shape index (κ3) is 4.50. The minimum Gasteiger partial charge on any atom is -0.444 e. The summed E-state index contributed by atoms with van der Waals surface area (Å²) >= 11 is 0. The molecule has 0 N–H and O–H groups in total. The highest BCUT2D eigenvalue weighted by Gasteiger charge is 2.40. The van der Waals surface area contributed by atoms with Gasteiger partial charge < -0.3 is 9.53 Å². The van der Waals surface area contributed by atoms with Gasteiger partial charge in [0, 0.05) is 5.54 Å². The zero-order chi connectivity index (χ0) is 15.6. The predicted octanol–water partition coefficient (Wildman–Crippen LogP) is 3.78. The molecule has 0 bridgehead atoms. The molecule has 0 radical (unpaired) electrons. The molecule has 1 fully saturated rings. The lowest BCUT2D eigenvalue weighted by Crippen LogP contribution is -2.56. The number of carbonyl (C=O) groups excluding carboxylic acids is 2. The molecule has 0 aromatic carbocycles. The summed E-state index contributed by atoms with van der Waals surface area (Å²) in [4.78, 5) is 25.7. The number of carbonyl (C=O) groups is 2. The Morgan fingerprint density at radius 1 is 1.15 bits per heavy atom. The van der Waals surface area contributed by atoms with Crippen LogP contribution < -0.4 is 0 Å². The van der Waals surface area contributed by atoms with Crippen LogP contribution in [0.25, 0.3) is 0 Å². The van der Waals surface area contributed by atoms with Crippen molar-refractivity contribution in [1.29, 1.82) is 0 Å². The number of hydrogen-bond donors (Lipinski definition) is 0. The molecular weight excluding hydrogens is 254 g/mol. The van der Waals surface area contributed by atoms with E-state index in [-0.39, 0.29) is 12.0 Å². The number of amides is 1. The minimum atomic E-state index is -0.552. The van der Waals surface area contributed by atoms with Gasteiger partial charge in [0.15, 0.2) is 0 Å². The van der Waals surface area contributed by atoms with Gasteiger partial charge in [-0.3, -0.25) is 4.90 Å². The standard InChI is InChI=1S/C16H29NO3/c1-15(2,3)17(14(19)20-16(4,5)6)13(11-18)12-9-7-8-10-12/h11-13H,7-10H2,1-6H3. The zero-order valence-corrected chi connectivity index (χ0v) is 13.7. The number of aldehydes is 1. The molecular formula is C16H29NO3. The lowest BCUT2D eigenvalue weighted by molar-refractivity contribution is -0.116. The molecule has 1 aliphatic carbocycles. The molecule has 4 heteroatoms. The Labute approximate surface area is 122 Å². The smallest absolute Gasteiger partial charge is 0.411 e. The van der Waals surface area contributed by atoms with Crippen LogP contribution in [-0.2, 0) is 9.53 Å². The van der Waals surface area contributed by atoms with Crippen LogP contribution in [0.1, 0.15) is 67.2 Å². The van der Waals surface area contributed by atoms with Gasteiger partial charge in [0.25, 0.3) is 0 Å². The van der Waals surface area contributed by atoms with E-state index in [9.17, 15) is 9.59 Å². The Kier molecular flexibility index (Phi) is 5.22. The van der Waals surface area contributed by atoms with Crippen LogP contribution in [-0.4, -0.2) is 34.5 Å². The fraction of sp³-hybridized carbons (Fsp3) is 0.875. The van der Waals surface area contributed by atoms with E-state index in [0.717, 1.165) is 32.0 Å². The zero-order valence-electron chi connectivity index (χ0n) is 13.7. The lowest BCUT2D eigenvalue weighted by Gasteiger charge is -2.42. The first-order valence-electron chi connectivity index (χ1n) is 7.54. The van der Waals surface area contributed by atoms with Crippen LogP contribution >= 0.6 is 0 Å². The number of nitrogens with zero attached hydrogens (tertiary/aromatic N) is 1. The van der Waals surface area contributed by atoms with E-state index in [2.05, 4.69) is 0 Å². The first-order chi connectivity index (χ1) is 9.06. The van der Waals surface area contributed by atoms with Crippen molar-refractivity contribution >= 4 is 12.4 Å². The molecule has 1 rings (SSSR count). The number of ether oxygens (including phenoxy) is 1. The van der Waals surface area contributed by atoms with Crippen molar-refractivity contribution in [1.82, 2.24) is 4.90 Å². The van der Waals surface area contributed by atoms with Gasteiger partial charge in [-0.15, -0.1) is 0 Å². The summed E-state index contributed by atoms with van der Waals surface area (Å²) in [5.74, 6) is 0.263. The average Bonchev–Trinajstić information content (AvgIpc) is 2.73. The van der Waals surface area contributed by atoms with E-state index in [0.29, 0.717) is 0 Å². The molecule has 116 valence electrons. The minimum absolute atomic E-state index is 0.263. The second-order valence-electron chi connectivity index (χ2n) is 7.69. The van der Waals surface area contributed by atoms with Crippen molar-refractivity contribution in [2.45, 2.75) is 84.4 Å². The molecule has 1 unspecified atom stereocenters. The Morgan fingerprint density at radius 3 is 2.00 bits per heavy atom. The lowest BCUT2D eigenvalue weighted by atomic mass is 9.93. The fourth-order valence-corrected chi connectivity index (χ4v) is 2.84. The molecule has 4 nitrogen and oxygen atoms in total. The quantitative estimate of drug-likeness (QED) is 0.740. The van der Waals surface area contributed by atoms with Gasteiger partial charge in [0.05, 0.1) is 6.04 Å². The summed E-state index contributed by atoms with van der Waals surface area (Å²) < 4.78 is 5.50. The summed E-state index contributed by atoms with van der Waals surface area (Å²) in [6, 6.07) is -0.382. The summed E-state index contributed by atoms with van der Waals surface area (Å²) in [6.45, 7) is 11.4. The van der Waals surface area contributed by atoms with Gasteiger partial charge in [-0.05, 0) is 60.3 Å². The second-order valence-corrected chi connectivity index (χ2v) is 7.69. The highest BCUT2D eigenvalue weighted by molar-refractivity contribution is 5.75. The molecule has 0 spiro atoms. The van der Waals surface area contributed by atoms with E-state index < -0.39 is 17.2 Å². The van der Waals surface area contributed by atoms with E-state index in [1.165, 1.54) is 0 Å². The third-order valence-electron chi connectivity index (χ3n) is 3.63. The number of hydrogen-bond acceptors (Lipinski definition) is 3. The van der Waals surface area contributed by atoms with Gasteiger partial charge in [0.2, 0.25) is 0 Å². The van der Waals surface area contributed by atoms with Gasteiger partial charge >= 0.3 is 6.09 Å². The third-order valence-corrected chi connectivity index (χ3v) is 3.63. The first kappa shape index (κ1) is 17.0. The summed E-state index contributed by atoms with van der Waals surface area (Å²) in [5, 5.41) is 0. The molecule has 1 aliphatic rings. The van der Waals surface area contributed by atoms with Crippen molar-refractivity contribution in [3.63, 3.8) is 0 Å². The highest BCUT2D eigenvalue weighted by atomic mass is 16.6. The summed E-state index contributed by atoms with van der Waals surface area (Å²) in [5.41, 5.74) is -0.986. The molecule has 1 amide bonds. The van der Waals surface area contributed by atoms with E-state index in [1.807, 2.05) is 41.5 Å². The largest absolute Gasteiger partial charge is 0.444 e. The SMILES string of the molecule is CC(C)(C)OC(=O)N(C(C=O)C1CCCC1)C(C)(C)C. The van der Waals surface area contributed by atoms with Crippen LogP contribution in [0, 0.1) is 5.92 Å². The van der Waals surface area contributed by atoms with Crippen LogP contribution in [0.3, 0.4) is 0 Å². The van der Waals surface area contributed by atoms with Crippen molar-refractivity contribution in [2.24, 2.45) is 5.92 Å². The van der Waals surface area contributed by atoms with E-state index >= 15 is 0 Å². The Hall–Kier alpha value is -1.06. The molecule has 20 heavy (non-hydrogen) atoms. The Balaban J connectivity index is 2.98. The average molecular weight is 283 g/mol. The monoisotopic (exact) mass is 283 g/mol. The van der Waals surface area contributed by atoms with Crippen LogP contribution in [0.15, 0.2) is 0 Å². The molecule has 1 saturated carbocycles. The van der Waals surface area contributed by atoms with Crippen molar-refractivity contribution < 1.29 is 14.3 Å². The highest BCUT2D eigenvalue weighted by Crippen LogP contribution is 2.33. The maximum atomic E-state index is 12.5. The maximum Gasteiger partial charge on any atom is 0.411 e. The van der Waals surface area contributed by atoms with Crippen LogP contribution in [0.4, 0.5) is 4.79 Å². The topological polar surface area (TPSA) is 46.6 Å². The van der Waals surface area contributed by atoms with Crippen molar-refractivity contribution in [3.8, 4) is 0 Å². The normalized spacial score (nSPS) is 18.7. The fourth-order valence-electron chi connectivity index (χ4n) is 2.84. The Morgan fingerprint density at radius 2 is 1.65 bits per heavy atom. The van der Waals surface area contributed by atoms with Crippen molar-refractivity contribution in [2.75, 3.05) is 0 Å². The van der Waals surface area contributed by atoms with Gasteiger partial charge in [-0.1, -0.05) is 12.8 Å². The number of rotatable bonds is 3. The summed E-state index contributed by atoms with van der Waals surface area (Å²) in [6.07, 6.45) is 4.83. The molecule has 0 aromatic heterocycles. The van der Waals surface area contributed by atoms with Crippen LogP contribution in [0.5, 0.6) is 0 Å². The summed E-state index contributed by atoms with van der Waals surface area (Å²) in [7, 11) is 0. The molecule has 0 saturated heterocycles. The van der Waals surface area contributed by atoms with Gasteiger partial charge in [-0.25, -0.2) is 4.79 Å². The van der Waals surface area contributed by atoms with Crippen LogP contribution in [0.2, 0.25) is 0 Å². The first-order valence-corrected chi connectivity index (χ1v) is 7.54. The second kappa shape index (κ2) is 6.15. The molecule has 0 aliphatic heterocycles. The maximum absolute atomic E-state index is 12.5.